The van der Waals surface area contributed by atoms with E-state index in [9.17, 15) is 4.79 Å². The lowest BCUT2D eigenvalue weighted by Crippen LogP contribution is -1.95. The van der Waals surface area contributed by atoms with Crippen molar-refractivity contribution in [1.29, 1.82) is 0 Å². The van der Waals surface area contributed by atoms with Crippen molar-refractivity contribution in [1.82, 2.24) is 4.98 Å². The summed E-state index contributed by atoms with van der Waals surface area (Å²) in [5.41, 5.74) is 4.36. The smallest absolute Gasteiger partial charge is 0.142 e. The first-order chi connectivity index (χ1) is 16.6. The fraction of sp³-hybridized carbons (Fsp3) is 0.357. The number of nitrogens with zero attached hydrogens (tertiary/aromatic N) is 3. The number of unbranched alkanes of at least 4 members (excludes halogenated alkanes) is 5. The Kier molecular flexibility index (Phi) is 8.72. The highest BCUT2D eigenvalue weighted by Gasteiger charge is 2.10. The molecule has 0 amide bonds. The lowest BCUT2D eigenvalue weighted by Gasteiger charge is -2.02. The summed E-state index contributed by atoms with van der Waals surface area (Å²) in [5.74, 6) is 0.174. The van der Waals surface area contributed by atoms with E-state index in [0.717, 1.165) is 42.8 Å². The number of fused-ring (bicyclic) bond motifs is 1. The van der Waals surface area contributed by atoms with Crippen LogP contribution in [0.2, 0.25) is 0 Å². The first-order valence-corrected chi connectivity index (χ1v) is 13.7. The Bertz CT molecular complexity index is 1210. The summed E-state index contributed by atoms with van der Waals surface area (Å²) in [6, 6.07) is 18.6. The minimum atomic E-state index is 0.174. The van der Waals surface area contributed by atoms with E-state index in [1.54, 1.807) is 29.6 Å². The van der Waals surface area contributed by atoms with Gasteiger partial charge in [-0.1, -0.05) is 86.8 Å². The summed E-state index contributed by atoms with van der Waals surface area (Å²) in [6.45, 7) is 3.87. The number of aryl methyl sites for hydroxylation is 1. The molecule has 0 bridgehead atoms. The first kappa shape index (κ1) is 24.4. The molecule has 2 heterocycles. The predicted molar refractivity (Wildman–Crippen MR) is 145 cm³/mol. The Hall–Kier alpha value is -2.70. The number of azo groups is 1. The number of benzene rings is 2. The Labute approximate surface area is 209 Å². The van der Waals surface area contributed by atoms with Gasteiger partial charge in [0.2, 0.25) is 0 Å². The molecule has 0 atom stereocenters. The monoisotopic (exact) mass is 489 g/mol. The van der Waals surface area contributed by atoms with E-state index in [1.165, 1.54) is 44.1 Å². The summed E-state index contributed by atoms with van der Waals surface area (Å²) in [4.78, 5) is 17.1. The van der Waals surface area contributed by atoms with Gasteiger partial charge in [0.05, 0.1) is 10.4 Å². The lowest BCUT2D eigenvalue weighted by atomic mass is 10.0. The summed E-state index contributed by atoms with van der Waals surface area (Å²) < 4.78 is 1.12. The van der Waals surface area contributed by atoms with Crippen molar-refractivity contribution in [3.63, 3.8) is 0 Å². The third kappa shape index (κ3) is 6.90. The van der Waals surface area contributed by atoms with Crippen LogP contribution < -0.4 is 0 Å². The van der Waals surface area contributed by atoms with Gasteiger partial charge in [-0.25, -0.2) is 4.98 Å². The Morgan fingerprint density at radius 1 is 0.853 bits per heavy atom. The zero-order chi connectivity index (χ0) is 23.8. The molecule has 4 aromatic rings. The lowest BCUT2D eigenvalue weighted by molar-refractivity contribution is -0.116. The van der Waals surface area contributed by atoms with Gasteiger partial charge < -0.3 is 0 Å². The van der Waals surface area contributed by atoms with E-state index in [-0.39, 0.29) is 5.78 Å². The zero-order valence-corrected chi connectivity index (χ0v) is 21.6. The minimum Gasteiger partial charge on any atom is -0.300 e. The van der Waals surface area contributed by atoms with E-state index in [0.29, 0.717) is 6.42 Å². The van der Waals surface area contributed by atoms with Crippen LogP contribution in [0, 0.1) is 0 Å². The zero-order valence-electron chi connectivity index (χ0n) is 19.9. The fourth-order valence-electron chi connectivity index (χ4n) is 3.89. The molecule has 176 valence electrons. The van der Waals surface area contributed by atoms with Crippen molar-refractivity contribution < 1.29 is 4.79 Å². The van der Waals surface area contributed by atoms with Crippen LogP contribution in [0.15, 0.2) is 64.8 Å². The van der Waals surface area contributed by atoms with Crippen LogP contribution in [0.5, 0.6) is 0 Å². The van der Waals surface area contributed by atoms with Gasteiger partial charge in [-0.2, -0.15) is 0 Å². The van der Waals surface area contributed by atoms with Crippen LogP contribution >= 0.6 is 22.7 Å². The molecule has 0 saturated heterocycles. The number of carbonyl (C=O) groups excluding carboxylic acids is 1. The normalized spacial score (nSPS) is 11.6. The molecule has 0 spiro atoms. The SMILES string of the molecule is CCCCCCCCc1ccc(N=Nc2cc3sc(-c4ccc(CC(C)=O)cc4)nc3s2)cc1. The molecule has 0 aliphatic carbocycles. The van der Waals surface area contributed by atoms with Crippen LogP contribution in [-0.4, -0.2) is 10.8 Å². The summed E-state index contributed by atoms with van der Waals surface area (Å²) in [7, 11) is 0. The highest BCUT2D eigenvalue weighted by Crippen LogP contribution is 2.39. The first-order valence-electron chi connectivity index (χ1n) is 12.1. The van der Waals surface area contributed by atoms with Gasteiger partial charge in [0.15, 0.2) is 0 Å². The van der Waals surface area contributed by atoms with Crippen LogP contribution in [0.4, 0.5) is 10.7 Å². The second kappa shape index (κ2) is 12.1. The Morgan fingerprint density at radius 2 is 1.56 bits per heavy atom. The average molecular weight is 490 g/mol. The topological polar surface area (TPSA) is 54.7 Å². The minimum absolute atomic E-state index is 0.174. The number of thiophene rings is 1. The van der Waals surface area contributed by atoms with Gasteiger partial charge in [0, 0.05) is 12.0 Å². The van der Waals surface area contributed by atoms with Gasteiger partial charge >= 0.3 is 0 Å². The molecule has 2 aromatic heterocycles. The number of carbonyl (C=O) groups is 1. The number of ketones is 1. The fourth-order valence-corrected chi connectivity index (χ4v) is 5.93. The van der Waals surface area contributed by atoms with E-state index in [4.69, 9.17) is 4.98 Å². The maximum absolute atomic E-state index is 11.3. The van der Waals surface area contributed by atoms with Crippen molar-refractivity contribution in [2.45, 2.75) is 65.2 Å². The molecule has 0 radical (unpaired) electrons. The standard InChI is InChI=1S/C28H31N3OS2/c1-3-4-5-6-7-8-9-21-12-16-24(17-13-21)30-31-26-19-25-28(34-26)29-27(33-25)23-14-10-22(11-15-23)18-20(2)32/h10-17,19H,3-9,18H2,1-2H3. The van der Waals surface area contributed by atoms with Crippen LogP contribution in [0.1, 0.15) is 63.5 Å². The summed E-state index contributed by atoms with van der Waals surface area (Å²) in [6.07, 6.45) is 9.56. The predicted octanol–water partition coefficient (Wildman–Crippen LogP) is 9.47. The van der Waals surface area contributed by atoms with Crippen molar-refractivity contribution in [2.75, 3.05) is 0 Å². The maximum atomic E-state index is 11.3. The highest BCUT2D eigenvalue weighted by atomic mass is 32.1. The molecule has 0 aliphatic heterocycles. The van der Waals surface area contributed by atoms with Crippen molar-refractivity contribution >= 4 is 48.7 Å². The van der Waals surface area contributed by atoms with Gasteiger partial charge in [-0.05, 0) is 49.1 Å². The van der Waals surface area contributed by atoms with Crippen molar-refractivity contribution in [3.05, 3.63) is 65.7 Å². The Morgan fingerprint density at radius 3 is 2.26 bits per heavy atom. The molecule has 4 rings (SSSR count). The van der Waals surface area contributed by atoms with Crippen molar-refractivity contribution in [3.8, 4) is 10.6 Å². The van der Waals surface area contributed by atoms with E-state index >= 15 is 0 Å². The number of hydrogen-bond donors (Lipinski definition) is 0. The van der Waals surface area contributed by atoms with Crippen LogP contribution in [0.3, 0.4) is 0 Å². The second-order valence-electron chi connectivity index (χ2n) is 8.73. The third-order valence-electron chi connectivity index (χ3n) is 5.75. The van der Waals surface area contributed by atoms with E-state index in [1.807, 2.05) is 24.3 Å². The number of thiazole rings is 1. The molecule has 6 heteroatoms. The van der Waals surface area contributed by atoms with Gasteiger partial charge in [-0.3, -0.25) is 4.79 Å². The van der Waals surface area contributed by atoms with Gasteiger partial charge in [-0.15, -0.1) is 21.6 Å². The molecular formula is C28H31N3OS2. The highest BCUT2D eigenvalue weighted by molar-refractivity contribution is 7.30. The number of rotatable bonds is 12. The van der Waals surface area contributed by atoms with Gasteiger partial charge in [0.25, 0.3) is 0 Å². The number of aromatic nitrogens is 1. The van der Waals surface area contributed by atoms with Crippen LogP contribution in [-0.2, 0) is 17.6 Å². The molecule has 0 unspecified atom stereocenters. The second-order valence-corrected chi connectivity index (χ2v) is 10.8. The summed E-state index contributed by atoms with van der Waals surface area (Å²) >= 11 is 3.22. The molecule has 0 N–H and O–H groups in total. The molecule has 4 nitrogen and oxygen atoms in total. The van der Waals surface area contributed by atoms with Crippen LogP contribution in [0.25, 0.3) is 20.1 Å². The Balaban J connectivity index is 1.32. The molecule has 0 aliphatic rings. The van der Waals surface area contributed by atoms with E-state index in [2.05, 4.69) is 47.5 Å². The summed E-state index contributed by atoms with van der Waals surface area (Å²) in [5, 5.41) is 10.7. The molecule has 0 saturated carbocycles. The molecular weight excluding hydrogens is 458 g/mol. The third-order valence-corrected chi connectivity index (χ3v) is 7.84. The van der Waals surface area contributed by atoms with Crippen molar-refractivity contribution in [2.24, 2.45) is 10.2 Å². The number of Topliss-reactive ketones (excluding diaryl/α,β-unsaturated/α-hetero) is 1. The number of hydrogen-bond acceptors (Lipinski definition) is 6. The molecule has 0 fully saturated rings. The molecule has 34 heavy (non-hydrogen) atoms. The largest absolute Gasteiger partial charge is 0.300 e. The average Bonchev–Trinajstić information content (AvgIpc) is 3.40. The van der Waals surface area contributed by atoms with E-state index < -0.39 is 0 Å². The maximum Gasteiger partial charge on any atom is 0.142 e. The molecule has 2 aromatic carbocycles. The quantitative estimate of drug-likeness (QED) is 0.147. The van der Waals surface area contributed by atoms with Gasteiger partial charge in [0.1, 0.15) is 20.6 Å².